The van der Waals surface area contributed by atoms with Crippen LogP contribution in [0.25, 0.3) is 0 Å². The third kappa shape index (κ3) is 19.3. The van der Waals surface area contributed by atoms with Crippen molar-refractivity contribution in [1.29, 1.82) is 0 Å². The highest BCUT2D eigenvalue weighted by atomic mass is 16.8. The van der Waals surface area contributed by atoms with Crippen LogP contribution >= 0.6 is 0 Å². The molecule has 0 aromatic carbocycles. The molecule has 0 radical (unpaired) electrons. The molecule has 0 amide bonds. The second kappa shape index (κ2) is 42.9. The van der Waals surface area contributed by atoms with Crippen LogP contribution in [0.5, 0.6) is 0 Å². The van der Waals surface area contributed by atoms with Crippen molar-refractivity contribution in [3.05, 3.63) is 0 Å². The van der Waals surface area contributed by atoms with Crippen molar-refractivity contribution in [2.24, 2.45) is 0 Å². The summed E-state index contributed by atoms with van der Waals surface area (Å²) in [4.78, 5) is 0. The van der Waals surface area contributed by atoms with Crippen molar-refractivity contribution in [3.8, 4) is 0 Å². The lowest BCUT2D eigenvalue weighted by molar-refractivity contribution is -0.404. The molecule has 0 aromatic rings. The summed E-state index contributed by atoms with van der Waals surface area (Å²) in [5.41, 5.74) is 0. The van der Waals surface area contributed by atoms with Crippen molar-refractivity contribution in [2.75, 3.05) is 203 Å². The zero-order valence-electron chi connectivity index (χ0n) is 61.9. The molecule has 0 bridgehead atoms. The van der Waals surface area contributed by atoms with Gasteiger partial charge in [0.1, 0.15) is 171 Å². The van der Waals surface area contributed by atoms with Gasteiger partial charge in [-0.1, -0.05) is 0 Å². The van der Waals surface area contributed by atoms with E-state index in [-0.39, 0.29) is 46.2 Å². The van der Waals surface area contributed by atoms with Crippen molar-refractivity contribution in [1.82, 2.24) is 0 Å². The second-order valence-corrected chi connectivity index (χ2v) is 24.6. The van der Waals surface area contributed by atoms with Gasteiger partial charge in [0.05, 0.1) is 46.2 Å². The summed E-state index contributed by atoms with van der Waals surface area (Å²) >= 11 is 0. The van der Waals surface area contributed by atoms with E-state index in [4.69, 9.17) is 166 Å². The van der Waals surface area contributed by atoms with Gasteiger partial charge in [0.15, 0.2) is 44.0 Å². The molecule has 0 spiro atoms. The molecule has 1 N–H and O–H groups in total. The van der Waals surface area contributed by atoms with Gasteiger partial charge in [-0.15, -0.1) is 0 Å². The van der Waals surface area contributed by atoms with Crippen molar-refractivity contribution < 1.29 is 171 Å². The smallest absolute Gasteiger partial charge is 0.187 e. The summed E-state index contributed by atoms with van der Waals surface area (Å²) in [6.45, 7) is 0.0613. The van der Waals surface area contributed by atoms with E-state index in [2.05, 4.69) is 0 Å². The van der Waals surface area contributed by atoms with Gasteiger partial charge in [-0.05, 0) is 0 Å². The van der Waals surface area contributed by atoms with E-state index in [1.807, 2.05) is 0 Å². The number of methoxy groups -OCH3 is 22. The molecule has 588 valence electrons. The number of hydrogen-bond acceptors (Lipinski definition) is 36. The highest BCUT2D eigenvalue weighted by molar-refractivity contribution is 5.03. The highest BCUT2D eigenvalue weighted by Crippen LogP contribution is 2.42. The molecular formula is C64H116O36. The average molecular weight is 1460 g/mol. The maximum atomic E-state index is 10.9. The summed E-state index contributed by atoms with van der Waals surface area (Å²) in [6.07, 6.45) is -33.6. The van der Waals surface area contributed by atoms with E-state index < -0.39 is 215 Å². The Labute approximate surface area is 586 Å². The van der Waals surface area contributed by atoms with Crippen LogP contribution in [-0.4, -0.2) is 423 Å². The molecule has 35 atom stereocenters. The van der Waals surface area contributed by atoms with Crippen LogP contribution in [0, 0.1) is 0 Å². The van der Waals surface area contributed by atoms with Crippen LogP contribution in [0.3, 0.4) is 0 Å². The van der Waals surface area contributed by atoms with Crippen LogP contribution in [0.15, 0.2) is 0 Å². The molecule has 7 fully saturated rings. The molecule has 100 heavy (non-hydrogen) atoms. The summed E-state index contributed by atoms with van der Waals surface area (Å²) in [7, 11) is 33.2. The number of aliphatic hydroxyl groups excluding tert-OH is 1. The monoisotopic (exact) mass is 1460 g/mol. The Morgan fingerprint density at radius 3 is 0.470 bits per heavy atom. The van der Waals surface area contributed by atoms with E-state index in [0.717, 1.165) is 0 Å². The Hall–Kier alpha value is -1.44. The number of rotatable bonds is 41. The van der Waals surface area contributed by atoms with Gasteiger partial charge < -0.3 is 171 Å². The number of hydrogen-bond donors (Lipinski definition) is 1. The Morgan fingerprint density at radius 1 is 0.170 bits per heavy atom. The molecule has 0 saturated carbocycles. The molecule has 7 rings (SSSR count). The maximum Gasteiger partial charge on any atom is 0.187 e. The quantitative estimate of drug-likeness (QED) is 0.0700. The molecule has 0 aromatic heterocycles. The average Bonchev–Trinajstić information content (AvgIpc) is 0.764. The maximum absolute atomic E-state index is 10.9. The minimum Gasteiger partial charge on any atom is -0.382 e. The molecule has 7 aliphatic heterocycles. The third-order valence-corrected chi connectivity index (χ3v) is 19.3. The van der Waals surface area contributed by atoms with Gasteiger partial charge in [0.2, 0.25) is 0 Å². The molecule has 7 saturated heterocycles. The lowest BCUT2D eigenvalue weighted by Crippen LogP contribution is -2.69. The SMILES string of the molecule is COC[C@@H]1O[C@@H](O[C@@H]2[C@H](OC)[C@@H](OC)[C@H](O[C@@H]3[C@H](OC)[C@@H](OC)[C@H](O[C@H]4[C@@H](OC)[C@H](OC)[C@@H](O[C@H]5[C@@H](OC)[C@H](OC)[C@@H](O[C@H]6[C@@H](OC)[C@H](OC)[C@@H](O[C@H]7[C@@H](OC)[C@H](OC)[C@H](O)O[C@@H]7COC)O[C@@H]6COC)O[C@@H]5COC)O[C@@H]4COC)O[C@H]3COC)O[C@H]2COC)[C@H](OC)[C@@H](OC)[C@H]1OC. The highest BCUT2D eigenvalue weighted by Gasteiger charge is 2.61. The van der Waals surface area contributed by atoms with Gasteiger partial charge >= 0.3 is 0 Å². The van der Waals surface area contributed by atoms with Crippen molar-refractivity contribution >= 4 is 0 Å². The molecule has 7 aliphatic rings. The Kier molecular flexibility index (Phi) is 36.8. The molecule has 0 unspecified atom stereocenters. The second-order valence-electron chi connectivity index (χ2n) is 24.6. The minimum atomic E-state index is -1.35. The van der Waals surface area contributed by atoms with Gasteiger partial charge in [0, 0.05) is 156 Å². The van der Waals surface area contributed by atoms with Gasteiger partial charge in [-0.25, -0.2) is 0 Å². The van der Waals surface area contributed by atoms with Gasteiger partial charge in [-0.2, -0.15) is 0 Å². The van der Waals surface area contributed by atoms with Crippen molar-refractivity contribution in [3.63, 3.8) is 0 Å². The van der Waals surface area contributed by atoms with E-state index in [1.54, 1.807) is 21.3 Å². The standard InChI is InChI=1S/C64H116O36/c1-66-23-30-37(73-8)44(74-9)52(82-17)59(89-30)96-39-32(25-68-3)91-61(54(84-19)46(39)76-11)98-41-34(27-70-5)93-63(56(86-21)48(41)78-13)100-43-36(29-72-7)94-64(57(87-22)50(43)80-15)99-42-35(28-71-6)92-62(55(85-20)49(42)79-14)97-40-33(26-69-4)90-60(53(83-18)47(40)77-12)95-38-31(24-67-2)88-58(65)51(81-16)45(38)75-10/h30-65H,23-29H2,1-22H3/t30-,31+,32-,33+,34-,35+,36+,37-,38+,39-,40+,41-,42+,43+,44-,45+,46-,47+,48-,49+,50+,51-,52+,53-,54+,55-,56+,57-,58+,59-,60+,61-,62+,63-,64+/m0/s1. The van der Waals surface area contributed by atoms with E-state index in [9.17, 15) is 5.11 Å². The normalized spacial score (nSPS) is 44.4. The third-order valence-electron chi connectivity index (χ3n) is 19.3. The van der Waals surface area contributed by atoms with E-state index in [0.29, 0.717) is 0 Å². The van der Waals surface area contributed by atoms with Gasteiger partial charge in [0.25, 0.3) is 0 Å². The van der Waals surface area contributed by atoms with Crippen LogP contribution in [-0.2, 0) is 166 Å². The fourth-order valence-corrected chi connectivity index (χ4v) is 14.7. The zero-order valence-corrected chi connectivity index (χ0v) is 61.9. The van der Waals surface area contributed by atoms with Crippen LogP contribution in [0.1, 0.15) is 0 Å². The summed E-state index contributed by atoms with van der Waals surface area (Å²) < 4.78 is 219. The molecule has 7 heterocycles. The first-order chi connectivity index (χ1) is 48.6. The van der Waals surface area contributed by atoms with Gasteiger partial charge in [-0.3, -0.25) is 0 Å². The van der Waals surface area contributed by atoms with Crippen molar-refractivity contribution in [2.45, 2.75) is 215 Å². The fourth-order valence-electron chi connectivity index (χ4n) is 14.7. The Bertz CT molecular complexity index is 2210. The fraction of sp³-hybridized carbons (Fsp3) is 1.00. The topological polar surface area (TPSA) is 343 Å². The first-order valence-corrected chi connectivity index (χ1v) is 33.1. The summed E-state index contributed by atoms with van der Waals surface area (Å²) in [6, 6.07) is 0. The molecular weight excluding hydrogens is 1340 g/mol. The predicted octanol–water partition coefficient (Wildman–Crippen LogP) is -1.89. The first-order valence-electron chi connectivity index (χ1n) is 33.1. The molecule has 36 heteroatoms. The number of aliphatic hydroxyl groups is 1. The van der Waals surface area contributed by atoms with E-state index in [1.165, 1.54) is 135 Å². The first kappa shape index (κ1) is 85.8. The minimum absolute atomic E-state index is 0.0151. The Balaban J connectivity index is 1.10. The van der Waals surface area contributed by atoms with Crippen LogP contribution in [0.4, 0.5) is 0 Å². The van der Waals surface area contributed by atoms with Crippen LogP contribution < -0.4 is 0 Å². The van der Waals surface area contributed by atoms with E-state index >= 15 is 0 Å². The lowest BCUT2D eigenvalue weighted by atomic mass is 9.94. The summed E-state index contributed by atoms with van der Waals surface area (Å²) in [5.74, 6) is 0. The Morgan fingerprint density at radius 2 is 0.310 bits per heavy atom. The molecule has 36 nitrogen and oxygen atoms in total. The molecule has 0 aliphatic carbocycles. The van der Waals surface area contributed by atoms with Crippen LogP contribution in [0.2, 0.25) is 0 Å². The number of ether oxygens (including phenoxy) is 35. The largest absolute Gasteiger partial charge is 0.382 e. The predicted molar refractivity (Wildman–Crippen MR) is 337 cm³/mol. The lowest BCUT2D eigenvalue weighted by Gasteiger charge is -2.52. The summed E-state index contributed by atoms with van der Waals surface area (Å²) in [5, 5.41) is 10.9. The zero-order chi connectivity index (χ0) is 72.9.